The Labute approximate surface area is 157 Å². The van der Waals surface area contributed by atoms with E-state index < -0.39 is 0 Å². The Bertz CT molecular complexity index is 431. The third kappa shape index (κ3) is 4.25. The highest BCUT2D eigenvalue weighted by atomic mass is 15.3. The Morgan fingerprint density at radius 1 is 1.00 bits per heavy atom. The van der Waals surface area contributed by atoms with Gasteiger partial charge >= 0.3 is 0 Å². The number of hydrogen-bond acceptors (Lipinski definition) is 3. The minimum atomic E-state index is 0.206. The Morgan fingerprint density at radius 2 is 1.64 bits per heavy atom. The fourth-order valence-electron chi connectivity index (χ4n) is 5.69. The molecule has 0 spiro atoms. The summed E-state index contributed by atoms with van der Waals surface area (Å²) in [6, 6.07) is 2.54. The fraction of sp³-hybridized carbons (Fsp3) is 1.00. The topological polar surface area (TPSA) is 27.3 Å². The lowest BCUT2D eigenvalue weighted by Gasteiger charge is -2.61. The molecule has 0 aromatic carbocycles. The Morgan fingerprint density at radius 3 is 2.24 bits per heavy atom. The van der Waals surface area contributed by atoms with E-state index in [0.29, 0.717) is 36.0 Å². The van der Waals surface area contributed by atoms with Crippen LogP contribution in [0, 0.1) is 11.8 Å². The fourth-order valence-corrected chi connectivity index (χ4v) is 5.69. The normalized spacial score (nSPS) is 41.6. The molecule has 0 radical (unpaired) electrons. The van der Waals surface area contributed by atoms with Crippen molar-refractivity contribution >= 4 is 0 Å². The second-order valence-corrected chi connectivity index (χ2v) is 10.2. The first-order chi connectivity index (χ1) is 11.5. The van der Waals surface area contributed by atoms with Gasteiger partial charge in [0, 0.05) is 35.2 Å². The number of likely N-dealkylation sites (tertiary alicyclic amines) is 1. The van der Waals surface area contributed by atoms with Crippen molar-refractivity contribution < 1.29 is 0 Å². The molecule has 6 unspecified atom stereocenters. The molecule has 2 aliphatic heterocycles. The molecule has 0 aromatic rings. The van der Waals surface area contributed by atoms with Crippen molar-refractivity contribution in [2.75, 3.05) is 6.54 Å². The van der Waals surface area contributed by atoms with Gasteiger partial charge in [-0.2, -0.15) is 0 Å². The molecule has 2 saturated heterocycles. The van der Waals surface area contributed by atoms with E-state index in [0.717, 1.165) is 0 Å². The molecule has 2 rings (SSSR count). The second kappa shape index (κ2) is 7.86. The van der Waals surface area contributed by atoms with Crippen molar-refractivity contribution in [1.82, 2.24) is 15.5 Å². The lowest BCUT2D eigenvalue weighted by molar-refractivity contribution is -0.0957. The lowest BCUT2D eigenvalue weighted by Crippen LogP contribution is -2.71. The molecule has 6 atom stereocenters. The minimum Gasteiger partial charge on any atom is -0.314 e. The molecular weight excluding hydrogens is 306 g/mol. The average Bonchev–Trinajstić information content (AvgIpc) is 2.48. The summed E-state index contributed by atoms with van der Waals surface area (Å²) >= 11 is 0. The van der Waals surface area contributed by atoms with Gasteiger partial charge in [0.25, 0.3) is 0 Å². The zero-order chi connectivity index (χ0) is 19.0. The minimum absolute atomic E-state index is 0.206. The Kier molecular flexibility index (Phi) is 6.66. The predicted octanol–water partition coefficient (Wildman–Crippen LogP) is 4.42. The largest absolute Gasteiger partial charge is 0.314 e. The van der Waals surface area contributed by atoms with Gasteiger partial charge in [-0.3, -0.25) is 4.90 Å². The van der Waals surface area contributed by atoms with Crippen LogP contribution in [0.2, 0.25) is 0 Å². The molecule has 0 saturated carbocycles. The van der Waals surface area contributed by atoms with Crippen molar-refractivity contribution in [3.63, 3.8) is 0 Å². The maximum Gasteiger partial charge on any atom is 0.0199 e. The molecule has 2 N–H and O–H groups in total. The van der Waals surface area contributed by atoms with Gasteiger partial charge in [0.15, 0.2) is 0 Å². The highest BCUT2D eigenvalue weighted by molar-refractivity contribution is 5.08. The molecule has 3 nitrogen and oxygen atoms in total. The molecule has 3 heteroatoms. The van der Waals surface area contributed by atoms with Crippen LogP contribution in [-0.4, -0.2) is 46.7 Å². The molecule has 25 heavy (non-hydrogen) atoms. The van der Waals surface area contributed by atoms with E-state index in [4.69, 9.17) is 0 Å². The molecule has 2 aliphatic rings. The summed E-state index contributed by atoms with van der Waals surface area (Å²) in [6.07, 6.45) is 5.11. The third-order valence-electron chi connectivity index (χ3n) is 7.68. The number of unbranched alkanes of at least 4 members (excludes halogenated alkanes) is 1. The van der Waals surface area contributed by atoms with Crippen molar-refractivity contribution in [3.05, 3.63) is 0 Å². The second-order valence-electron chi connectivity index (χ2n) is 10.2. The van der Waals surface area contributed by atoms with Crippen LogP contribution in [0.1, 0.15) is 88.0 Å². The van der Waals surface area contributed by atoms with E-state index in [9.17, 15) is 0 Å². The van der Waals surface area contributed by atoms with Crippen molar-refractivity contribution in [2.24, 2.45) is 11.8 Å². The molecule has 0 bridgehead atoms. The first-order valence-electron chi connectivity index (χ1n) is 10.8. The first-order valence-corrected chi connectivity index (χ1v) is 10.8. The van der Waals surface area contributed by atoms with Gasteiger partial charge in [0.05, 0.1) is 0 Å². The summed E-state index contributed by atoms with van der Waals surface area (Å²) in [5.41, 5.74) is 0.436. The van der Waals surface area contributed by atoms with Gasteiger partial charge in [-0.25, -0.2) is 0 Å². The van der Waals surface area contributed by atoms with Gasteiger partial charge in [-0.05, 0) is 79.2 Å². The SMILES string of the molecule is CCCCNC1CC(C)N(C2CC(C)NC(C)(C)C2C)C(C)(C)C1C. The summed E-state index contributed by atoms with van der Waals surface area (Å²) in [5, 5.41) is 7.71. The van der Waals surface area contributed by atoms with E-state index in [2.05, 4.69) is 77.8 Å². The maximum absolute atomic E-state index is 3.88. The van der Waals surface area contributed by atoms with Gasteiger partial charge in [0.1, 0.15) is 0 Å². The van der Waals surface area contributed by atoms with Gasteiger partial charge in [0.2, 0.25) is 0 Å². The number of piperidine rings is 2. The highest BCUT2D eigenvalue weighted by Crippen LogP contribution is 2.43. The Balaban J connectivity index is 2.20. The quantitative estimate of drug-likeness (QED) is 0.718. The van der Waals surface area contributed by atoms with Crippen LogP contribution in [-0.2, 0) is 0 Å². The number of hydrogen-bond donors (Lipinski definition) is 2. The van der Waals surface area contributed by atoms with Crippen LogP contribution in [0.5, 0.6) is 0 Å². The molecule has 2 heterocycles. The summed E-state index contributed by atoms with van der Waals surface area (Å²) < 4.78 is 0. The number of rotatable bonds is 5. The summed E-state index contributed by atoms with van der Waals surface area (Å²) in [7, 11) is 0. The molecule has 0 amide bonds. The van der Waals surface area contributed by atoms with Crippen LogP contribution in [0.25, 0.3) is 0 Å². The van der Waals surface area contributed by atoms with E-state index in [1.54, 1.807) is 0 Å². The standard InChI is InChI=1S/C22H45N3/c1-10-11-12-23-19-14-16(3)25(22(8,9)17(19)4)20-13-15(2)24-21(6,7)18(20)5/h15-20,23-24H,10-14H2,1-9H3. The first kappa shape index (κ1) is 21.2. The molecule has 0 aliphatic carbocycles. The van der Waals surface area contributed by atoms with Crippen LogP contribution in [0.4, 0.5) is 0 Å². The van der Waals surface area contributed by atoms with E-state index in [-0.39, 0.29) is 11.1 Å². The van der Waals surface area contributed by atoms with Gasteiger partial charge in [-0.15, -0.1) is 0 Å². The summed E-state index contributed by atoms with van der Waals surface area (Å²) in [4.78, 5) is 2.90. The zero-order valence-corrected chi connectivity index (χ0v) is 18.4. The third-order valence-corrected chi connectivity index (χ3v) is 7.68. The molecule has 0 aromatic heterocycles. The van der Waals surface area contributed by atoms with Crippen LogP contribution >= 0.6 is 0 Å². The monoisotopic (exact) mass is 351 g/mol. The van der Waals surface area contributed by atoms with Crippen molar-refractivity contribution in [2.45, 2.75) is 123 Å². The average molecular weight is 352 g/mol. The van der Waals surface area contributed by atoms with Gasteiger partial charge in [-0.1, -0.05) is 27.2 Å². The number of nitrogens with zero attached hydrogens (tertiary/aromatic N) is 1. The molecule has 2 fully saturated rings. The predicted molar refractivity (Wildman–Crippen MR) is 110 cm³/mol. The van der Waals surface area contributed by atoms with E-state index in [1.807, 2.05) is 0 Å². The zero-order valence-electron chi connectivity index (χ0n) is 18.4. The molecule has 148 valence electrons. The van der Waals surface area contributed by atoms with Crippen molar-refractivity contribution in [3.8, 4) is 0 Å². The highest BCUT2D eigenvalue weighted by Gasteiger charge is 2.51. The summed E-state index contributed by atoms with van der Waals surface area (Å²) in [5.74, 6) is 1.32. The lowest BCUT2D eigenvalue weighted by atomic mass is 9.69. The maximum atomic E-state index is 3.88. The Hall–Kier alpha value is -0.120. The van der Waals surface area contributed by atoms with Crippen LogP contribution in [0.15, 0.2) is 0 Å². The van der Waals surface area contributed by atoms with Crippen molar-refractivity contribution in [1.29, 1.82) is 0 Å². The molecular formula is C22H45N3. The number of nitrogens with one attached hydrogen (secondary N) is 2. The van der Waals surface area contributed by atoms with Crippen LogP contribution < -0.4 is 10.6 Å². The summed E-state index contributed by atoms with van der Waals surface area (Å²) in [6.45, 7) is 23.0. The van der Waals surface area contributed by atoms with Gasteiger partial charge < -0.3 is 10.6 Å². The van der Waals surface area contributed by atoms with E-state index in [1.165, 1.54) is 32.2 Å². The smallest absolute Gasteiger partial charge is 0.0199 e. The van der Waals surface area contributed by atoms with E-state index >= 15 is 0 Å². The van der Waals surface area contributed by atoms with Crippen LogP contribution in [0.3, 0.4) is 0 Å².